The second kappa shape index (κ2) is 6.25. The molecule has 0 spiro atoms. The summed E-state index contributed by atoms with van der Waals surface area (Å²) in [6.07, 6.45) is 7.17. The summed E-state index contributed by atoms with van der Waals surface area (Å²) in [4.78, 5) is 0. The number of hydrogen-bond donors (Lipinski definition) is 0. The van der Waals surface area contributed by atoms with Gasteiger partial charge in [0.1, 0.15) is 0 Å². The van der Waals surface area contributed by atoms with Gasteiger partial charge in [-0.25, -0.2) is 0 Å². The fourth-order valence-corrected chi connectivity index (χ4v) is 4.31. The topological polar surface area (TPSA) is 0 Å². The average molecular weight is 346 g/mol. The summed E-state index contributed by atoms with van der Waals surface area (Å²) in [5.74, 6) is 0.423. The van der Waals surface area contributed by atoms with Gasteiger partial charge in [-0.05, 0) is 75.2 Å². The summed E-state index contributed by atoms with van der Waals surface area (Å²) in [5.41, 5.74) is 12.1. The molecule has 0 nitrogen and oxygen atoms in total. The second-order valence-electron chi connectivity index (χ2n) is 7.55. The third kappa shape index (κ3) is 2.69. The van der Waals surface area contributed by atoms with Gasteiger partial charge in [0.2, 0.25) is 0 Å². The standard InChI is InChI=1S/C27H22/c1-18-13-22(20-9-5-3-6-10-20)15-26-24(18)17-25-19(2)14-23(16-27(25)26)21-11-7-4-8-12-21/h3-18H,1-2H3. The lowest BCUT2D eigenvalue weighted by atomic mass is 9.84. The minimum atomic E-state index is 0.423. The zero-order valence-corrected chi connectivity index (χ0v) is 15.7. The molecule has 0 saturated heterocycles. The molecule has 0 aromatic heterocycles. The summed E-state index contributed by atoms with van der Waals surface area (Å²) < 4.78 is 0. The quantitative estimate of drug-likeness (QED) is 0.461. The fraction of sp³-hybridized carbons (Fsp3) is 0.111. The van der Waals surface area contributed by atoms with Crippen molar-refractivity contribution in [1.29, 1.82) is 0 Å². The van der Waals surface area contributed by atoms with Crippen LogP contribution in [0.2, 0.25) is 0 Å². The maximum absolute atomic E-state index is 2.40. The predicted molar refractivity (Wildman–Crippen MR) is 116 cm³/mol. The van der Waals surface area contributed by atoms with E-state index in [4.69, 9.17) is 0 Å². The van der Waals surface area contributed by atoms with Crippen molar-refractivity contribution in [3.63, 3.8) is 0 Å². The maximum atomic E-state index is 2.40. The van der Waals surface area contributed by atoms with Gasteiger partial charge in [0.15, 0.2) is 0 Å². The van der Waals surface area contributed by atoms with Gasteiger partial charge in [-0.15, -0.1) is 0 Å². The first-order valence-electron chi connectivity index (χ1n) is 9.62. The van der Waals surface area contributed by atoms with Crippen LogP contribution in [0, 0.1) is 12.8 Å². The molecule has 2 aliphatic rings. The molecule has 0 N–H and O–H groups in total. The van der Waals surface area contributed by atoms with Crippen LogP contribution in [0.15, 0.2) is 90.5 Å². The van der Waals surface area contributed by atoms with Gasteiger partial charge in [0.25, 0.3) is 0 Å². The molecule has 130 valence electrons. The first-order valence-corrected chi connectivity index (χ1v) is 9.62. The van der Waals surface area contributed by atoms with Crippen molar-refractivity contribution in [1.82, 2.24) is 0 Å². The highest BCUT2D eigenvalue weighted by Crippen LogP contribution is 2.46. The molecule has 1 unspecified atom stereocenters. The molecule has 0 aliphatic heterocycles. The van der Waals surface area contributed by atoms with Crippen LogP contribution in [-0.4, -0.2) is 0 Å². The molecule has 0 radical (unpaired) electrons. The van der Waals surface area contributed by atoms with Crippen LogP contribution in [-0.2, 0) is 0 Å². The molecule has 0 fully saturated rings. The Hall–Kier alpha value is -3.12. The molecule has 5 rings (SSSR count). The molecule has 0 saturated carbocycles. The van der Waals surface area contributed by atoms with Crippen molar-refractivity contribution >= 4 is 17.2 Å². The Kier molecular flexibility index (Phi) is 3.72. The van der Waals surface area contributed by atoms with Gasteiger partial charge in [0.05, 0.1) is 0 Å². The smallest absolute Gasteiger partial charge is 0.000515 e. The van der Waals surface area contributed by atoms with Crippen molar-refractivity contribution in [2.24, 2.45) is 5.92 Å². The lowest BCUT2D eigenvalue weighted by Crippen LogP contribution is -2.02. The Morgan fingerprint density at radius 1 is 0.704 bits per heavy atom. The molecule has 0 heterocycles. The molecule has 3 aromatic rings. The third-order valence-corrected chi connectivity index (χ3v) is 5.72. The molecular weight excluding hydrogens is 324 g/mol. The van der Waals surface area contributed by atoms with Crippen LogP contribution in [0.4, 0.5) is 0 Å². The largest absolute Gasteiger partial charge is 0.0694 e. The third-order valence-electron chi connectivity index (χ3n) is 5.72. The van der Waals surface area contributed by atoms with E-state index in [0.717, 1.165) is 0 Å². The molecular formula is C27H22. The molecule has 3 aromatic carbocycles. The van der Waals surface area contributed by atoms with Crippen LogP contribution < -0.4 is 0 Å². The van der Waals surface area contributed by atoms with Crippen molar-refractivity contribution < 1.29 is 0 Å². The monoisotopic (exact) mass is 346 g/mol. The normalized spacial score (nSPS) is 17.6. The first kappa shape index (κ1) is 16.1. The highest BCUT2D eigenvalue weighted by Gasteiger charge is 2.27. The van der Waals surface area contributed by atoms with E-state index in [0.29, 0.717) is 5.92 Å². The van der Waals surface area contributed by atoms with E-state index in [9.17, 15) is 0 Å². The molecule has 1 atom stereocenters. The maximum Gasteiger partial charge on any atom is 0.000515 e. The van der Waals surface area contributed by atoms with Crippen molar-refractivity contribution in [2.45, 2.75) is 13.8 Å². The Morgan fingerprint density at radius 3 is 2.07 bits per heavy atom. The number of fused-ring (bicyclic) bond motifs is 3. The van der Waals surface area contributed by atoms with Gasteiger partial charge in [-0.1, -0.05) is 79.7 Å². The minimum Gasteiger partial charge on any atom is -0.0694 e. The van der Waals surface area contributed by atoms with Crippen molar-refractivity contribution in [2.75, 3.05) is 0 Å². The predicted octanol–water partition coefficient (Wildman–Crippen LogP) is 7.18. The Balaban J connectivity index is 1.66. The van der Waals surface area contributed by atoms with Crippen molar-refractivity contribution in [3.05, 3.63) is 113 Å². The van der Waals surface area contributed by atoms with E-state index < -0.39 is 0 Å². The van der Waals surface area contributed by atoms with E-state index in [1.54, 1.807) is 0 Å². The Bertz CT molecular complexity index is 1110. The number of benzene rings is 3. The number of aryl methyl sites for hydroxylation is 1. The van der Waals surface area contributed by atoms with E-state index in [-0.39, 0.29) is 0 Å². The lowest BCUT2D eigenvalue weighted by molar-refractivity contribution is 0.905. The van der Waals surface area contributed by atoms with E-state index in [2.05, 4.69) is 105 Å². The Labute approximate surface area is 161 Å². The minimum absolute atomic E-state index is 0.423. The number of rotatable bonds is 2. The second-order valence-corrected chi connectivity index (χ2v) is 7.55. The fourth-order valence-electron chi connectivity index (χ4n) is 4.31. The zero-order valence-electron chi connectivity index (χ0n) is 15.7. The van der Waals surface area contributed by atoms with E-state index >= 15 is 0 Å². The van der Waals surface area contributed by atoms with E-state index in [1.165, 1.54) is 50.1 Å². The molecule has 2 aliphatic carbocycles. The van der Waals surface area contributed by atoms with Gasteiger partial charge < -0.3 is 0 Å². The molecule has 27 heavy (non-hydrogen) atoms. The van der Waals surface area contributed by atoms with Crippen LogP contribution >= 0.6 is 0 Å². The van der Waals surface area contributed by atoms with E-state index in [1.807, 2.05) is 0 Å². The van der Waals surface area contributed by atoms with Crippen LogP contribution in [0.5, 0.6) is 0 Å². The molecule has 0 amide bonds. The SMILES string of the molecule is Cc1cc(-c2ccccc2)cc2c1C=C1C2=CC(c2ccccc2)=CC1C. The molecule has 0 bridgehead atoms. The summed E-state index contributed by atoms with van der Waals surface area (Å²) >= 11 is 0. The highest BCUT2D eigenvalue weighted by atomic mass is 14.3. The van der Waals surface area contributed by atoms with Crippen LogP contribution in [0.1, 0.15) is 29.2 Å². The zero-order chi connectivity index (χ0) is 18.4. The number of hydrogen-bond acceptors (Lipinski definition) is 0. The van der Waals surface area contributed by atoms with Gasteiger partial charge in [-0.3, -0.25) is 0 Å². The lowest BCUT2D eigenvalue weighted by Gasteiger charge is -2.20. The first-order chi connectivity index (χ1) is 13.2. The summed E-state index contributed by atoms with van der Waals surface area (Å²) in [7, 11) is 0. The van der Waals surface area contributed by atoms with Crippen molar-refractivity contribution in [3.8, 4) is 11.1 Å². The van der Waals surface area contributed by atoms with Gasteiger partial charge in [-0.2, -0.15) is 0 Å². The highest BCUT2D eigenvalue weighted by molar-refractivity contribution is 6.03. The van der Waals surface area contributed by atoms with Gasteiger partial charge in [0, 0.05) is 5.92 Å². The number of allylic oxidation sites excluding steroid dienone is 5. The molecule has 0 heteroatoms. The average Bonchev–Trinajstić information content (AvgIpc) is 3.09. The van der Waals surface area contributed by atoms with Gasteiger partial charge >= 0.3 is 0 Å². The Morgan fingerprint density at radius 2 is 1.37 bits per heavy atom. The van der Waals surface area contributed by atoms with Crippen LogP contribution in [0.25, 0.3) is 28.3 Å². The summed E-state index contributed by atoms with van der Waals surface area (Å²) in [5, 5.41) is 0. The summed E-state index contributed by atoms with van der Waals surface area (Å²) in [6, 6.07) is 26.1. The van der Waals surface area contributed by atoms with Crippen LogP contribution in [0.3, 0.4) is 0 Å². The summed E-state index contributed by atoms with van der Waals surface area (Å²) in [6.45, 7) is 4.54.